The van der Waals surface area contributed by atoms with E-state index in [-0.39, 0.29) is 18.0 Å². The van der Waals surface area contributed by atoms with E-state index in [4.69, 9.17) is 16.3 Å². The van der Waals surface area contributed by atoms with E-state index in [1.54, 1.807) is 24.3 Å². The lowest BCUT2D eigenvalue weighted by Crippen LogP contribution is -2.43. The summed E-state index contributed by atoms with van der Waals surface area (Å²) in [5.41, 5.74) is 0.159. The highest BCUT2D eigenvalue weighted by Gasteiger charge is 2.55. The molecule has 0 bridgehead atoms. The molecule has 1 aliphatic heterocycles. The SMILES string of the molecule is O=CC[C@@H](c1ccccc1)[C@]1(c2ccc(Cl)cc2)Oc2cc(F)ccc2C1=O. The number of ketones is 1. The van der Waals surface area contributed by atoms with E-state index in [2.05, 4.69) is 0 Å². The second-order valence-corrected chi connectivity index (χ2v) is 7.12. The minimum atomic E-state index is -1.48. The molecule has 0 N–H and O–H groups in total. The monoisotopic (exact) mass is 394 g/mol. The number of Topliss-reactive ketones (excluding diaryl/α,β-unsaturated/α-hetero) is 1. The van der Waals surface area contributed by atoms with E-state index in [0.717, 1.165) is 11.8 Å². The molecule has 0 radical (unpaired) electrons. The molecule has 0 spiro atoms. The minimum absolute atomic E-state index is 0.0643. The maximum absolute atomic E-state index is 13.8. The van der Waals surface area contributed by atoms with Crippen molar-refractivity contribution in [3.05, 3.63) is 100 Å². The van der Waals surface area contributed by atoms with E-state index >= 15 is 0 Å². The third-order valence-corrected chi connectivity index (χ3v) is 5.35. The van der Waals surface area contributed by atoms with Crippen LogP contribution in [0.5, 0.6) is 5.75 Å². The van der Waals surface area contributed by atoms with Gasteiger partial charge in [-0.2, -0.15) is 0 Å². The molecule has 0 fully saturated rings. The maximum atomic E-state index is 13.8. The lowest BCUT2D eigenvalue weighted by atomic mass is 9.72. The van der Waals surface area contributed by atoms with E-state index in [1.165, 1.54) is 18.2 Å². The van der Waals surface area contributed by atoms with Gasteiger partial charge in [-0.05, 0) is 29.8 Å². The maximum Gasteiger partial charge on any atom is 0.215 e. The van der Waals surface area contributed by atoms with Crippen molar-refractivity contribution < 1.29 is 18.7 Å². The number of fused-ring (bicyclic) bond motifs is 1. The first-order valence-electron chi connectivity index (χ1n) is 8.84. The molecule has 28 heavy (non-hydrogen) atoms. The Morgan fingerprint density at radius 2 is 1.75 bits per heavy atom. The van der Waals surface area contributed by atoms with Crippen molar-refractivity contribution in [2.24, 2.45) is 0 Å². The van der Waals surface area contributed by atoms with Crippen LogP contribution in [0.1, 0.15) is 33.8 Å². The first kappa shape index (κ1) is 18.4. The highest BCUT2D eigenvalue weighted by molar-refractivity contribution is 6.30. The van der Waals surface area contributed by atoms with Crippen LogP contribution in [-0.4, -0.2) is 12.1 Å². The van der Waals surface area contributed by atoms with Crippen molar-refractivity contribution in [3.8, 4) is 5.75 Å². The fraction of sp³-hybridized carbons (Fsp3) is 0.130. The first-order chi connectivity index (χ1) is 13.6. The molecule has 3 nitrogen and oxygen atoms in total. The number of hydrogen-bond acceptors (Lipinski definition) is 3. The number of carbonyl (C=O) groups excluding carboxylic acids is 2. The van der Waals surface area contributed by atoms with Gasteiger partial charge in [0.05, 0.1) is 5.56 Å². The van der Waals surface area contributed by atoms with Crippen LogP contribution in [0.4, 0.5) is 4.39 Å². The molecular formula is C23H16ClFO3. The van der Waals surface area contributed by atoms with Gasteiger partial charge in [0, 0.05) is 29.0 Å². The zero-order valence-electron chi connectivity index (χ0n) is 14.8. The summed E-state index contributed by atoms with van der Waals surface area (Å²) in [6.45, 7) is 0. The van der Waals surface area contributed by atoms with Crippen molar-refractivity contribution in [2.75, 3.05) is 0 Å². The Hall–Kier alpha value is -2.98. The first-order valence-corrected chi connectivity index (χ1v) is 9.22. The van der Waals surface area contributed by atoms with Crippen molar-refractivity contribution in [3.63, 3.8) is 0 Å². The van der Waals surface area contributed by atoms with Crippen LogP contribution in [-0.2, 0) is 10.4 Å². The number of rotatable bonds is 5. The van der Waals surface area contributed by atoms with Gasteiger partial charge in [0.1, 0.15) is 17.9 Å². The molecule has 0 aliphatic carbocycles. The molecular weight excluding hydrogens is 379 g/mol. The predicted molar refractivity (Wildman–Crippen MR) is 104 cm³/mol. The molecule has 4 rings (SSSR count). The summed E-state index contributed by atoms with van der Waals surface area (Å²) >= 11 is 6.04. The van der Waals surface area contributed by atoms with Crippen LogP contribution in [0.2, 0.25) is 5.02 Å². The normalized spacial score (nSPS) is 19.0. The lowest BCUT2D eigenvalue weighted by Gasteiger charge is -2.35. The molecule has 0 saturated carbocycles. The molecule has 0 saturated heterocycles. The van der Waals surface area contributed by atoms with Crippen molar-refractivity contribution in [2.45, 2.75) is 17.9 Å². The van der Waals surface area contributed by atoms with Gasteiger partial charge < -0.3 is 9.53 Å². The van der Waals surface area contributed by atoms with Gasteiger partial charge >= 0.3 is 0 Å². The second kappa shape index (κ2) is 7.21. The van der Waals surface area contributed by atoms with E-state index < -0.39 is 17.3 Å². The van der Waals surface area contributed by atoms with Gasteiger partial charge in [-0.3, -0.25) is 4.79 Å². The summed E-state index contributed by atoms with van der Waals surface area (Å²) < 4.78 is 20.0. The molecule has 5 heteroatoms. The summed E-state index contributed by atoms with van der Waals surface area (Å²) in [5, 5.41) is 0.513. The zero-order chi connectivity index (χ0) is 19.7. The molecule has 140 valence electrons. The molecule has 0 aromatic heterocycles. The predicted octanol–water partition coefficient (Wildman–Crippen LogP) is 5.32. The number of ether oxygens (including phenoxy) is 1. The Bertz CT molecular complexity index is 1030. The summed E-state index contributed by atoms with van der Waals surface area (Å²) in [4.78, 5) is 25.2. The molecule has 3 aromatic carbocycles. The lowest BCUT2D eigenvalue weighted by molar-refractivity contribution is -0.109. The number of aldehydes is 1. The standard InChI is InChI=1S/C23H16ClFO3/c24-17-8-6-16(7-9-17)23(20(12-13-26)15-4-2-1-3-5-15)22(27)19-11-10-18(25)14-21(19)28-23/h1-11,13-14,20H,12H2/t20-,23-/m0/s1. The number of hydrogen-bond donors (Lipinski definition) is 0. The van der Waals surface area contributed by atoms with E-state index in [9.17, 15) is 14.0 Å². The average molecular weight is 395 g/mol. The minimum Gasteiger partial charge on any atom is -0.473 e. The number of halogens is 2. The Morgan fingerprint density at radius 3 is 2.43 bits per heavy atom. The van der Waals surface area contributed by atoms with Crippen LogP contribution < -0.4 is 4.74 Å². The zero-order valence-corrected chi connectivity index (χ0v) is 15.5. The molecule has 0 unspecified atom stereocenters. The second-order valence-electron chi connectivity index (χ2n) is 6.68. The summed E-state index contributed by atoms with van der Waals surface area (Å²) in [5.74, 6) is -1.22. The van der Waals surface area contributed by atoms with Crippen LogP contribution in [0.25, 0.3) is 0 Å². The van der Waals surface area contributed by atoms with Gasteiger partial charge in [0.15, 0.2) is 0 Å². The average Bonchev–Trinajstić information content (AvgIpc) is 2.99. The van der Waals surface area contributed by atoms with Crippen LogP contribution in [0, 0.1) is 5.82 Å². The summed E-state index contributed by atoms with van der Waals surface area (Å²) in [7, 11) is 0. The smallest absolute Gasteiger partial charge is 0.215 e. The highest BCUT2D eigenvalue weighted by Crippen LogP contribution is 2.50. The third-order valence-electron chi connectivity index (χ3n) is 5.09. The van der Waals surface area contributed by atoms with Crippen molar-refractivity contribution >= 4 is 23.7 Å². The fourth-order valence-electron chi connectivity index (χ4n) is 3.82. The molecule has 1 aliphatic rings. The Kier molecular flexibility index (Phi) is 4.73. The van der Waals surface area contributed by atoms with E-state index in [1.807, 2.05) is 30.3 Å². The quantitative estimate of drug-likeness (QED) is 0.550. The van der Waals surface area contributed by atoms with Gasteiger partial charge in [-0.25, -0.2) is 4.39 Å². The van der Waals surface area contributed by atoms with Crippen LogP contribution in [0.15, 0.2) is 72.8 Å². The Labute approximate surface area is 166 Å². The van der Waals surface area contributed by atoms with Crippen molar-refractivity contribution in [1.82, 2.24) is 0 Å². The fourth-order valence-corrected chi connectivity index (χ4v) is 3.95. The topological polar surface area (TPSA) is 43.4 Å². The Morgan fingerprint density at radius 1 is 1.04 bits per heavy atom. The van der Waals surface area contributed by atoms with Gasteiger partial charge in [0.2, 0.25) is 11.4 Å². The van der Waals surface area contributed by atoms with Crippen LogP contribution >= 0.6 is 11.6 Å². The third kappa shape index (κ3) is 2.90. The van der Waals surface area contributed by atoms with Gasteiger partial charge in [-0.15, -0.1) is 0 Å². The highest BCUT2D eigenvalue weighted by atomic mass is 35.5. The van der Waals surface area contributed by atoms with E-state index in [0.29, 0.717) is 16.1 Å². The van der Waals surface area contributed by atoms with Crippen molar-refractivity contribution in [1.29, 1.82) is 0 Å². The Balaban J connectivity index is 1.96. The number of carbonyl (C=O) groups is 2. The summed E-state index contributed by atoms with van der Waals surface area (Å²) in [6.07, 6.45) is 0.838. The van der Waals surface area contributed by atoms with Gasteiger partial charge in [0.25, 0.3) is 0 Å². The molecule has 1 heterocycles. The number of benzene rings is 3. The molecule has 0 amide bonds. The summed E-state index contributed by atoms with van der Waals surface area (Å²) in [6, 6.07) is 19.9. The largest absolute Gasteiger partial charge is 0.473 e. The van der Waals surface area contributed by atoms with Crippen LogP contribution in [0.3, 0.4) is 0 Å². The molecule has 2 atom stereocenters. The van der Waals surface area contributed by atoms with Gasteiger partial charge in [-0.1, -0.05) is 54.1 Å². The molecule has 3 aromatic rings.